The lowest BCUT2D eigenvalue weighted by Crippen LogP contribution is -2.36. The molecule has 4 heterocycles. The molecule has 0 spiro atoms. The molecule has 1 amide bonds. The van der Waals surface area contributed by atoms with Crippen molar-refractivity contribution in [2.45, 2.75) is 26.3 Å². The van der Waals surface area contributed by atoms with E-state index in [4.69, 9.17) is 11.2 Å². The first-order valence-electron chi connectivity index (χ1n) is 14.3. The summed E-state index contributed by atoms with van der Waals surface area (Å²) < 4.78 is 36.4. The number of terminal acetylenes is 1. The van der Waals surface area contributed by atoms with E-state index in [1.807, 2.05) is 24.9 Å². The van der Waals surface area contributed by atoms with E-state index < -0.39 is 11.6 Å². The molecule has 3 aromatic heterocycles. The van der Waals surface area contributed by atoms with Crippen molar-refractivity contribution in [1.82, 2.24) is 29.8 Å². The van der Waals surface area contributed by atoms with Crippen LogP contribution in [0.1, 0.15) is 29.2 Å². The number of likely N-dealkylation sites (tertiary alicyclic amines) is 1. The molecule has 6 rings (SSSR count). The van der Waals surface area contributed by atoms with Gasteiger partial charge in [0, 0.05) is 55.1 Å². The van der Waals surface area contributed by atoms with Crippen molar-refractivity contribution in [3.05, 3.63) is 83.1 Å². The van der Waals surface area contributed by atoms with Crippen molar-refractivity contribution in [2.75, 3.05) is 32.1 Å². The van der Waals surface area contributed by atoms with Gasteiger partial charge in [-0.3, -0.25) is 9.78 Å². The number of benzene rings is 2. The van der Waals surface area contributed by atoms with Crippen LogP contribution in [0.5, 0.6) is 6.01 Å². The van der Waals surface area contributed by atoms with Gasteiger partial charge in [-0.05, 0) is 43.9 Å². The Labute approximate surface area is 258 Å². The lowest BCUT2D eigenvalue weighted by molar-refractivity contribution is -0.124. The zero-order valence-electron chi connectivity index (χ0n) is 25.2. The lowest BCUT2D eigenvalue weighted by atomic mass is 9.96. The van der Waals surface area contributed by atoms with Crippen molar-refractivity contribution < 1.29 is 18.3 Å². The first-order valence-corrected chi connectivity index (χ1v) is 14.3. The van der Waals surface area contributed by atoms with E-state index in [2.05, 4.69) is 30.8 Å². The smallest absolute Gasteiger partial charge is 0.318 e. The molecule has 1 atom stereocenters. The number of rotatable bonds is 6. The van der Waals surface area contributed by atoms with Crippen molar-refractivity contribution in [3.8, 4) is 29.6 Å². The molecule has 0 bridgehead atoms. The quantitative estimate of drug-likeness (QED) is 0.191. The van der Waals surface area contributed by atoms with Crippen LogP contribution in [0, 0.1) is 37.8 Å². The van der Waals surface area contributed by atoms with Gasteiger partial charge >= 0.3 is 6.01 Å². The number of methoxy groups -OCH3 is 1. The van der Waals surface area contributed by atoms with Gasteiger partial charge in [0.2, 0.25) is 5.91 Å². The Hall–Kier alpha value is -5.50. The van der Waals surface area contributed by atoms with Crippen LogP contribution >= 0.6 is 0 Å². The Morgan fingerprint density at radius 2 is 1.98 bits per heavy atom. The first kappa shape index (κ1) is 29.6. The second-order valence-corrected chi connectivity index (χ2v) is 10.8. The Morgan fingerprint density at radius 1 is 1.16 bits per heavy atom. The third-order valence-electron chi connectivity index (χ3n) is 7.96. The van der Waals surface area contributed by atoms with Crippen molar-refractivity contribution in [2.24, 2.45) is 0 Å². The number of anilines is 1. The van der Waals surface area contributed by atoms with Gasteiger partial charge in [-0.15, -0.1) is 6.42 Å². The average Bonchev–Trinajstić information content (AvgIpc) is 3.53. The molecule has 9 nitrogen and oxygen atoms in total. The maximum atomic E-state index is 16.4. The van der Waals surface area contributed by atoms with E-state index in [0.717, 1.165) is 5.69 Å². The summed E-state index contributed by atoms with van der Waals surface area (Å²) in [5, 5.41) is 1.41. The summed E-state index contributed by atoms with van der Waals surface area (Å²) in [6.07, 6.45) is 11.0. The maximum absolute atomic E-state index is 16.4. The van der Waals surface area contributed by atoms with Gasteiger partial charge in [0.25, 0.3) is 0 Å². The number of amides is 1. The number of hydrogen-bond donors (Lipinski definition) is 0. The van der Waals surface area contributed by atoms with Gasteiger partial charge in [0.1, 0.15) is 28.7 Å². The monoisotopic (exact) mass is 605 g/mol. The number of carbonyl (C=O) groups is 1. The number of aromatic nitrogens is 5. The minimum absolute atomic E-state index is 0.00587. The van der Waals surface area contributed by atoms with Gasteiger partial charge in [0.15, 0.2) is 5.82 Å². The molecule has 1 fully saturated rings. The summed E-state index contributed by atoms with van der Waals surface area (Å²) in [6.45, 7) is 4.65. The third kappa shape index (κ3) is 5.51. The molecule has 11 heteroatoms. The van der Waals surface area contributed by atoms with Crippen molar-refractivity contribution in [1.29, 1.82) is 0 Å². The van der Waals surface area contributed by atoms with Crippen molar-refractivity contribution >= 4 is 39.5 Å². The van der Waals surface area contributed by atoms with E-state index in [1.165, 1.54) is 25.4 Å². The highest BCUT2D eigenvalue weighted by Crippen LogP contribution is 2.37. The summed E-state index contributed by atoms with van der Waals surface area (Å²) in [7, 11) is 3.24. The van der Waals surface area contributed by atoms with Crippen LogP contribution in [-0.2, 0) is 4.79 Å². The van der Waals surface area contributed by atoms with Crippen LogP contribution in [0.15, 0.2) is 48.7 Å². The third-order valence-corrected chi connectivity index (χ3v) is 7.96. The minimum atomic E-state index is -0.717. The molecular formula is C34H29F2N7O2. The number of aryl methyl sites for hydroxylation is 2. The number of pyridine rings is 1. The molecule has 0 N–H and O–H groups in total. The Bertz CT molecular complexity index is 2040. The molecule has 0 aliphatic carbocycles. The van der Waals surface area contributed by atoms with E-state index in [0.29, 0.717) is 58.6 Å². The Kier molecular flexibility index (Phi) is 7.81. The predicted octanol–water partition coefficient (Wildman–Crippen LogP) is 5.27. The summed E-state index contributed by atoms with van der Waals surface area (Å²) in [6, 6.07) is 9.72. The van der Waals surface area contributed by atoms with E-state index in [-0.39, 0.29) is 34.7 Å². The van der Waals surface area contributed by atoms with Crippen LogP contribution in [0.4, 0.5) is 14.6 Å². The normalized spacial score (nSPS) is 14.8. The minimum Gasteiger partial charge on any atom is -0.467 e. The predicted molar refractivity (Wildman–Crippen MR) is 169 cm³/mol. The van der Waals surface area contributed by atoms with Crippen LogP contribution in [0.2, 0.25) is 0 Å². The second kappa shape index (κ2) is 11.9. The fraction of sp³-hybridized carbons (Fsp3) is 0.235. The van der Waals surface area contributed by atoms with Crippen LogP contribution in [0.25, 0.3) is 39.0 Å². The fourth-order valence-electron chi connectivity index (χ4n) is 5.79. The summed E-state index contributed by atoms with van der Waals surface area (Å²) in [5.41, 5.74) is 1.83. The molecule has 1 aliphatic heterocycles. The maximum Gasteiger partial charge on any atom is 0.318 e. The zero-order valence-corrected chi connectivity index (χ0v) is 25.2. The lowest BCUT2D eigenvalue weighted by Gasteiger charge is -2.27. The zero-order chi connectivity index (χ0) is 31.8. The summed E-state index contributed by atoms with van der Waals surface area (Å²) in [5.74, 6) is 2.01. The SMILES string of the molecule is C#Cc1c(F)ccc2cccc(-c3ncc4c(N(C)C5CCN(C(=O)/C=C/c6cc(C)nc(C)n6)C5)nc(OC)nc4c3F)c12. The number of likely N-dealkylation sites (N-methyl/N-ethyl adjacent to an activating group) is 1. The number of halogens is 2. The molecule has 1 unspecified atom stereocenters. The highest BCUT2D eigenvalue weighted by molar-refractivity contribution is 6.02. The van der Waals surface area contributed by atoms with Crippen LogP contribution in [-0.4, -0.2) is 69.0 Å². The molecule has 1 aliphatic rings. The number of carbonyl (C=O) groups excluding carboxylic acids is 1. The standard InChI is InChI=1S/C34H29F2N7O2/c1-6-24-27(35)12-10-21-8-7-9-25(29(21)24)31-30(36)32-26(17-37-31)33(41-34(40-32)45-5)42(4)23-14-15-43(18-23)28(44)13-11-22-16-19(2)38-20(3)39-22/h1,7-13,16-17,23H,14-15,18H2,2-5H3/b13-11+. The number of ether oxygens (including phenoxy) is 1. The average molecular weight is 606 g/mol. The van der Waals surface area contributed by atoms with Crippen LogP contribution in [0.3, 0.4) is 0 Å². The van der Waals surface area contributed by atoms with Gasteiger partial charge in [-0.1, -0.05) is 30.2 Å². The Balaban J connectivity index is 1.33. The van der Waals surface area contributed by atoms with E-state index in [1.54, 1.807) is 42.2 Å². The largest absolute Gasteiger partial charge is 0.467 e. The number of nitrogens with zero attached hydrogens (tertiary/aromatic N) is 7. The van der Waals surface area contributed by atoms with Crippen LogP contribution < -0.4 is 9.64 Å². The number of fused-ring (bicyclic) bond motifs is 2. The fourth-order valence-corrected chi connectivity index (χ4v) is 5.79. The second-order valence-electron chi connectivity index (χ2n) is 10.8. The van der Waals surface area contributed by atoms with Gasteiger partial charge in [-0.25, -0.2) is 18.7 Å². The molecule has 45 heavy (non-hydrogen) atoms. The van der Waals surface area contributed by atoms with Gasteiger partial charge in [0.05, 0.1) is 23.8 Å². The highest BCUT2D eigenvalue weighted by atomic mass is 19.1. The highest BCUT2D eigenvalue weighted by Gasteiger charge is 2.31. The molecule has 226 valence electrons. The molecular weight excluding hydrogens is 576 g/mol. The first-order chi connectivity index (χ1) is 21.7. The summed E-state index contributed by atoms with van der Waals surface area (Å²) >= 11 is 0. The van der Waals surface area contributed by atoms with Gasteiger partial charge < -0.3 is 14.5 Å². The summed E-state index contributed by atoms with van der Waals surface area (Å²) in [4.78, 5) is 38.6. The topological polar surface area (TPSA) is 97.2 Å². The Morgan fingerprint density at radius 3 is 2.73 bits per heavy atom. The van der Waals surface area contributed by atoms with E-state index in [9.17, 15) is 9.18 Å². The van der Waals surface area contributed by atoms with E-state index >= 15 is 4.39 Å². The molecule has 5 aromatic rings. The molecule has 0 radical (unpaired) electrons. The van der Waals surface area contributed by atoms with Crippen molar-refractivity contribution in [3.63, 3.8) is 0 Å². The number of hydrogen-bond acceptors (Lipinski definition) is 8. The molecule has 0 saturated carbocycles. The molecule has 2 aromatic carbocycles. The van der Waals surface area contributed by atoms with Gasteiger partial charge in [-0.2, -0.15) is 9.97 Å². The molecule has 1 saturated heterocycles.